The van der Waals surface area contributed by atoms with Gasteiger partial charge in [-0.1, -0.05) is 20.8 Å². The van der Waals surface area contributed by atoms with Crippen molar-refractivity contribution in [2.75, 3.05) is 20.1 Å². The molecule has 1 heterocycles. The Morgan fingerprint density at radius 3 is 1.80 bits per heavy atom. The first-order valence-electron chi connectivity index (χ1n) is 3.76. The van der Waals surface area contributed by atoms with Gasteiger partial charge < -0.3 is 10.0 Å². The molecule has 1 aliphatic heterocycles. The highest BCUT2D eigenvalue weighted by Crippen LogP contribution is 2.36. The quantitative estimate of drug-likeness (QED) is 0.540. The predicted molar refractivity (Wildman–Crippen MR) is 41.9 cm³/mol. The molecule has 0 aromatic heterocycles. The molecule has 1 N–H and O–H groups in total. The number of nitrogens with zero attached hydrogens (tertiary/aromatic N) is 1. The fourth-order valence-electron chi connectivity index (χ4n) is 1.32. The molecular weight excluding hydrogens is 126 g/mol. The summed E-state index contributed by atoms with van der Waals surface area (Å²) in [5.41, 5.74) is -0.415. The van der Waals surface area contributed by atoms with Crippen LogP contribution in [0.1, 0.15) is 20.8 Å². The zero-order valence-corrected chi connectivity index (χ0v) is 7.31. The Morgan fingerprint density at radius 1 is 1.30 bits per heavy atom. The smallest absolute Gasteiger partial charge is 0.0947 e. The SMILES string of the molecule is CN1CC(O)(C(C)(C)C)C1. The topological polar surface area (TPSA) is 23.5 Å². The van der Waals surface area contributed by atoms with E-state index >= 15 is 0 Å². The molecule has 0 atom stereocenters. The zero-order valence-electron chi connectivity index (χ0n) is 7.31. The van der Waals surface area contributed by atoms with Crippen molar-refractivity contribution in [2.45, 2.75) is 26.4 Å². The Labute approximate surface area is 62.8 Å². The maximum atomic E-state index is 9.88. The number of likely N-dealkylation sites (N-methyl/N-ethyl adjacent to an activating group) is 1. The van der Waals surface area contributed by atoms with Gasteiger partial charge in [0.2, 0.25) is 0 Å². The second-order valence-electron chi connectivity index (χ2n) is 4.45. The molecule has 0 saturated carbocycles. The average Bonchev–Trinajstić information content (AvgIpc) is 1.58. The van der Waals surface area contributed by atoms with Gasteiger partial charge in [0.15, 0.2) is 0 Å². The second kappa shape index (κ2) is 1.95. The monoisotopic (exact) mass is 143 g/mol. The van der Waals surface area contributed by atoms with Gasteiger partial charge in [-0.15, -0.1) is 0 Å². The molecule has 2 nitrogen and oxygen atoms in total. The van der Waals surface area contributed by atoms with Crippen LogP contribution in [0, 0.1) is 5.41 Å². The molecule has 0 unspecified atom stereocenters. The van der Waals surface area contributed by atoms with Gasteiger partial charge in [0.05, 0.1) is 5.60 Å². The minimum atomic E-state index is -0.443. The lowest BCUT2D eigenvalue weighted by molar-refractivity contribution is -0.154. The molecule has 2 heteroatoms. The summed E-state index contributed by atoms with van der Waals surface area (Å²) < 4.78 is 0. The van der Waals surface area contributed by atoms with E-state index in [9.17, 15) is 5.11 Å². The maximum Gasteiger partial charge on any atom is 0.0947 e. The lowest BCUT2D eigenvalue weighted by Crippen LogP contribution is -2.66. The second-order valence-corrected chi connectivity index (χ2v) is 4.45. The van der Waals surface area contributed by atoms with E-state index in [0.717, 1.165) is 13.1 Å². The van der Waals surface area contributed by atoms with Crippen LogP contribution in [-0.4, -0.2) is 35.7 Å². The fourth-order valence-corrected chi connectivity index (χ4v) is 1.32. The summed E-state index contributed by atoms with van der Waals surface area (Å²) in [7, 11) is 2.03. The van der Waals surface area contributed by atoms with Gasteiger partial charge >= 0.3 is 0 Å². The third-order valence-corrected chi connectivity index (χ3v) is 2.46. The maximum absolute atomic E-state index is 9.88. The molecular formula is C8H17NO. The summed E-state index contributed by atoms with van der Waals surface area (Å²) in [6.07, 6.45) is 0. The molecule has 1 fully saturated rings. The molecule has 0 amide bonds. The molecule has 1 aliphatic rings. The zero-order chi connectivity index (χ0) is 7.99. The first-order valence-corrected chi connectivity index (χ1v) is 3.76. The van der Waals surface area contributed by atoms with Gasteiger partial charge in [0.25, 0.3) is 0 Å². The molecule has 0 aliphatic carbocycles. The largest absolute Gasteiger partial charge is 0.387 e. The van der Waals surface area contributed by atoms with E-state index in [1.165, 1.54) is 0 Å². The van der Waals surface area contributed by atoms with E-state index in [0.29, 0.717) is 0 Å². The number of hydrogen-bond acceptors (Lipinski definition) is 2. The van der Waals surface area contributed by atoms with Crippen LogP contribution in [0.5, 0.6) is 0 Å². The van der Waals surface area contributed by atoms with Crippen LogP contribution >= 0.6 is 0 Å². The standard InChI is InChI=1S/C8H17NO/c1-7(2,3)8(10)5-9(4)6-8/h10H,5-6H2,1-4H3. The Kier molecular flexibility index (Phi) is 1.57. The third kappa shape index (κ3) is 1.06. The van der Waals surface area contributed by atoms with Crippen LogP contribution in [0.2, 0.25) is 0 Å². The number of hydrogen-bond donors (Lipinski definition) is 1. The summed E-state index contributed by atoms with van der Waals surface area (Å²) in [5, 5.41) is 9.88. The number of rotatable bonds is 0. The highest BCUT2D eigenvalue weighted by atomic mass is 16.3. The van der Waals surface area contributed by atoms with Gasteiger partial charge in [-0.2, -0.15) is 0 Å². The van der Waals surface area contributed by atoms with Crippen molar-refractivity contribution < 1.29 is 5.11 Å². The Morgan fingerprint density at radius 2 is 1.70 bits per heavy atom. The summed E-state index contributed by atoms with van der Waals surface area (Å²) >= 11 is 0. The van der Waals surface area contributed by atoms with Crippen LogP contribution in [0.3, 0.4) is 0 Å². The Balaban J connectivity index is 2.57. The molecule has 0 aromatic carbocycles. The van der Waals surface area contributed by atoms with E-state index in [4.69, 9.17) is 0 Å². The lowest BCUT2D eigenvalue weighted by atomic mass is 9.72. The van der Waals surface area contributed by atoms with E-state index in [2.05, 4.69) is 25.7 Å². The van der Waals surface area contributed by atoms with Crippen LogP contribution in [0.25, 0.3) is 0 Å². The van der Waals surface area contributed by atoms with Crippen molar-refractivity contribution in [1.29, 1.82) is 0 Å². The van der Waals surface area contributed by atoms with Gasteiger partial charge in [0, 0.05) is 13.1 Å². The molecule has 60 valence electrons. The van der Waals surface area contributed by atoms with E-state index in [1.807, 2.05) is 7.05 Å². The van der Waals surface area contributed by atoms with Gasteiger partial charge in [0.1, 0.15) is 0 Å². The molecule has 1 saturated heterocycles. The van der Waals surface area contributed by atoms with Crippen LogP contribution in [-0.2, 0) is 0 Å². The van der Waals surface area contributed by atoms with Crippen molar-refractivity contribution in [2.24, 2.45) is 5.41 Å². The summed E-state index contributed by atoms with van der Waals surface area (Å²) in [6.45, 7) is 7.88. The van der Waals surface area contributed by atoms with E-state index in [1.54, 1.807) is 0 Å². The summed E-state index contributed by atoms with van der Waals surface area (Å²) in [4.78, 5) is 2.13. The predicted octanol–water partition coefficient (Wildman–Crippen LogP) is 0.709. The van der Waals surface area contributed by atoms with Crippen LogP contribution in [0.4, 0.5) is 0 Å². The van der Waals surface area contributed by atoms with Gasteiger partial charge in [-0.25, -0.2) is 0 Å². The minimum absolute atomic E-state index is 0.0273. The molecule has 0 radical (unpaired) electrons. The van der Waals surface area contributed by atoms with Gasteiger partial charge in [-0.05, 0) is 12.5 Å². The van der Waals surface area contributed by atoms with Crippen molar-refractivity contribution in [3.05, 3.63) is 0 Å². The number of aliphatic hydroxyl groups is 1. The van der Waals surface area contributed by atoms with E-state index in [-0.39, 0.29) is 5.41 Å². The minimum Gasteiger partial charge on any atom is -0.387 e. The molecule has 0 spiro atoms. The first-order chi connectivity index (χ1) is 4.35. The highest BCUT2D eigenvalue weighted by molar-refractivity contribution is 5.01. The van der Waals surface area contributed by atoms with Crippen molar-refractivity contribution >= 4 is 0 Å². The number of likely N-dealkylation sites (tertiary alicyclic amines) is 1. The number of β-amino-alcohol motifs (C(OH)–C–C–N with tert-alkyl or cyclic N) is 1. The van der Waals surface area contributed by atoms with E-state index < -0.39 is 5.60 Å². The molecule has 0 bridgehead atoms. The Bertz CT molecular complexity index is 131. The normalized spacial score (nSPS) is 26.1. The first kappa shape index (κ1) is 8.02. The van der Waals surface area contributed by atoms with Crippen molar-refractivity contribution in [3.8, 4) is 0 Å². The summed E-state index contributed by atoms with van der Waals surface area (Å²) in [5.74, 6) is 0. The van der Waals surface area contributed by atoms with Crippen LogP contribution < -0.4 is 0 Å². The van der Waals surface area contributed by atoms with Crippen molar-refractivity contribution in [1.82, 2.24) is 4.90 Å². The molecule has 0 aromatic rings. The highest BCUT2D eigenvalue weighted by Gasteiger charge is 2.48. The van der Waals surface area contributed by atoms with Crippen molar-refractivity contribution in [3.63, 3.8) is 0 Å². The molecule has 10 heavy (non-hydrogen) atoms. The van der Waals surface area contributed by atoms with Crippen LogP contribution in [0.15, 0.2) is 0 Å². The summed E-state index contributed by atoms with van der Waals surface area (Å²) in [6, 6.07) is 0. The molecule has 1 rings (SSSR count). The third-order valence-electron chi connectivity index (χ3n) is 2.46. The Hall–Kier alpha value is -0.0800. The lowest BCUT2D eigenvalue weighted by Gasteiger charge is -2.52. The average molecular weight is 143 g/mol. The van der Waals surface area contributed by atoms with Gasteiger partial charge in [-0.3, -0.25) is 0 Å². The fraction of sp³-hybridized carbons (Fsp3) is 1.00.